The van der Waals surface area contributed by atoms with Crippen molar-refractivity contribution in [1.82, 2.24) is 5.32 Å². The number of piperidine rings is 1. The van der Waals surface area contributed by atoms with E-state index in [1.165, 1.54) is 29.5 Å². The van der Waals surface area contributed by atoms with E-state index in [-0.39, 0.29) is 0 Å². The Labute approximate surface area is 98.0 Å². The molecule has 1 heterocycles. The van der Waals surface area contributed by atoms with E-state index in [0.717, 1.165) is 18.8 Å². The molecule has 0 bridgehead atoms. The Morgan fingerprint density at radius 2 is 2.00 bits per heavy atom. The summed E-state index contributed by atoms with van der Waals surface area (Å²) in [6, 6.07) is 4.46. The average Bonchev–Trinajstić information content (AvgIpc) is 2.33. The van der Waals surface area contributed by atoms with Crippen molar-refractivity contribution in [1.29, 1.82) is 0 Å². The maximum absolute atomic E-state index is 5.51. The first-order valence-corrected chi connectivity index (χ1v) is 6.08. The standard InChI is InChI=1S/C14H21NO/c1-10-7-13(12-5-4-6-15-9-12)14(16-3)8-11(10)2/h7-8,12,15H,4-6,9H2,1-3H3. The highest BCUT2D eigenvalue weighted by molar-refractivity contribution is 5.44. The van der Waals surface area contributed by atoms with E-state index in [9.17, 15) is 0 Å². The average molecular weight is 219 g/mol. The van der Waals surface area contributed by atoms with Crippen LogP contribution in [0.5, 0.6) is 5.75 Å². The summed E-state index contributed by atoms with van der Waals surface area (Å²) < 4.78 is 5.51. The third-order valence-electron chi connectivity index (χ3n) is 3.58. The van der Waals surface area contributed by atoms with Crippen LogP contribution in [0.4, 0.5) is 0 Å². The zero-order chi connectivity index (χ0) is 11.5. The van der Waals surface area contributed by atoms with Gasteiger partial charge in [-0.1, -0.05) is 6.07 Å². The molecule has 1 N–H and O–H groups in total. The molecule has 0 amide bonds. The van der Waals surface area contributed by atoms with Crippen LogP contribution in [0.2, 0.25) is 0 Å². The van der Waals surface area contributed by atoms with Gasteiger partial charge in [0, 0.05) is 12.5 Å². The van der Waals surface area contributed by atoms with Crippen molar-refractivity contribution in [3.05, 3.63) is 28.8 Å². The minimum atomic E-state index is 0.614. The van der Waals surface area contributed by atoms with E-state index in [4.69, 9.17) is 4.74 Å². The number of hydrogen-bond donors (Lipinski definition) is 1. The van der Waals surface area contributed by atoms with E-state index in [1.807, 2.05) is 0 Å². The largest absolute Gasteiger partial charge is 0.496 e. The molecular formula is C14H21NO. The van der Waals surface area contributed by atoms with Crippen LogP contribution in [0.25, 0.3) is 0 Å². The first-order chi connectivity index (χ1) is 7.72. The topological polar surface area (TPSA) is 21.3 Å². The predicted octanol–water partition coefficient (Wildman–Crippen LogP) is 2.78. The fourth-order valence-corrected chi connectivity index (χ4v) is 2.43. The number of rotatable bonds is 2. The lowest BCUT2D eigenvalue weighted by Crippen LogP contribution is -2.28. The molecule has 1 saturated heterocycles. The number of benzene rings is 1. The summed E-state index contributed by atoms with van der Waals surface area (Å²) in [6.45, 7) is 6.55. The Morgan fingerprint density at radius 3 is 2.62 bits per heavy atom. The predicted molar refractivity (Wildman–Crippen MR) is 67.3 cm³/mol. The van der Waals surface area contributed by atoms with Crippen LogP contribution in [0, 0.1) is 13.8 Å². The van der Waals surface area contributed by atoms with E-state index >= 15 is 0 Å². The monoisotopic (exact) mass is 219 g/mol. The molecule has 16 heavy (non-hydrogen) atoms. The van der Waals surface area contributed by atoms with Crippen LogP contribution in [0.15, 0.2) is 12.1 Å². The van der Waals surface area contributed by atoms with Crippen molar-refractivity contribution in [3.8, 4) is 5.75 Å². The van der Waals surface area contributed by atoms with Gasteiger partial charge >= 0.3 is 0 Å². The SMILES string of the molecule is COc1cc(C)c(C)cc1C1CCCNC1. The van der Waals surface area contributed by atoms with Gasteiger partial charge in [-0.3, -0.25) is 0 Å². The molecule has 0 radical (unpaired) electrons. The zero-order valence-corrected chi connectivity index (χ0v) is 10.5. The Kier molecular flexibility index (Phi) is 3.49. The molecule has 1 aromatic rings. The van der Waals surface area contributed by atoms with E-state index in [2.05, 4.69) is 31.3 Å². The number of methoxy groups -OCH3 is 1. The molecule has 0 aliphatic carbocycles. The van der Waals surface area contributed by atoms with Gasteiger partial charge in [0.1, 0.15) is 5.75 Å². The molecular weight excluding hydrogens is 198 g/mol. The second kappa shape index (κ2) is 4.88. The maximum atomic E-state index is 5.51. The minimum Gasteiger partial charge on any atom is -0.496 e. The molecule has 1 fully saturated rings. The normalized spacial score (nSPS) is 20.8. The maximum Gasteiger partial charge on any atom is 0.122 e. The quantitative estimate of drug-likeness (QED) is 0.826. The number of ether oxygens (including phenoxy) is 1. The molecule has 1 aliphatic heterocycles. The summed E-state index contributed by atoms with van der Waals surface area (Å²) in [4.78, 5) is 0. The van der Waals surface area contributed by atoms with Gasteiger partial charge < -0.3 is 10.1 Å². The Hall–Kier alpha value is -1.02. The minimum absolute atomic E-state index is 0.614. The lowest BCUT2D eigenvalue weighted by molar-refractivity contribution is 0.392. The summed E-state index contributed by atoms with van der Waals surface area (Å²) in [6.07, 6.45) is 2.53. The van der Waals surface area contributed by atoms with Gasteiger partial charge in [0.05, 0.1) is 7.11 Å². The van der Waals surface area contributed by atoms with Crippen LogP contribution in [-0.2, 0) is 0 Å². The summed E-state index contributed by atoms with van der Waals surface area (Å²) in [5.41, 5.74) is 4.04. The third kappa shape index (κ3) is 2.22. The molecule has 2 heteroatoms. The highest BCUT2D eigenvalue weighted by Gasteiger charge is 2.19. The van der Waals surface area contributed by atoms with Gasteiger partial charge in [-0.05, 0) is 56.0 Å². The van der Waals surface area contributed by atoms with Gasteiger partial charge in [0.2, 0.25) is 0 Å². The second-order valence-electron chi connectivity index (χ2n) is 4.72. The van der Waals surface area contributed by atoms with Crippen LogP contribution in [0.3, 0.4) is 0 Å². The molecule has 2 rings (SSSR count). The smallest absolute Gasteiger partial charge is 0.122 e. The summed E-state index contributed by atoms with van der Waals surface area (Å²) in [5.74, 6) is 1.67. The lowest BCUT2D eigenvalue weighted by Gasteiger charge is -2.25. The van der Waals surface area contributed by atoms with Crippen LogP contribution in [-0.4, -0.2) is 20.2 Å². The van der Waals surface area contributed by atoms with Gasteiger partial charge in [0.15, 0.2) is 0 Å². The fourth-order valence-electron chi connectivity index (χ4n) is 2.43. The van der Waals surface area contributed by atoms with Crippen LogP contribution < -0.4 is 10.1 Å². The molecule has 88 valence electrons. The Morgan fingerprint density at radius 1 is 1.25 bits per heavy atom. The molecule has 2 nitrogen and oxygen atoms in total. The molecule has 1 aromatic carbocycles. The molecule has 1 unspecified atom stereocenters. The molecule has 1 aliphatic rings. The number of aryl methyl sites for hydroxylation is 2. The highest BCUT2D eigenvalue weighted by atomic mass is 16.5. The van der Waals surface area contributed by atoms with Crippen molar-refractivity contribution in [2.24, 2.45) is 0 Å². The van der Waals surface area contributed by atoms with E-state index in [1.54, 1.807) is 7.11 Å². The molecule has 1 atom stereocenters. The zero-order valence-electron chi connectivity index (χ0n) is 10.5. The van der Waals surface area contributed by atoms with Crippen molar-refractivity contribution >= 4 is 0 Å². The highest BCUT2D eigenvalue weighted by Crippen LogP contribution is 2.33. The third-order valence-corrected chi connectivity index (χ3v) is 3.58. The van der Waals surface area contributed by atoms with Crippen molar-refractivity contribution < 1.29 is 4.74 Å². The van der Waals surface area contributed by atoms with Gasteiger partial charge in [-0.15, -0.1) is 0 Å². The fraction of sp³-hybridized carbons (Fsp3) is 0.571. The van der Waals surface area contributed by atoms with E-state index < -0.39 is 0 Å². The van der Waals surface area contributed by atoms with Gasteiger partial charge in [-0.2, -0.15) is 0 Å². The number of nitrogens with one attached hydrogen (secondary N) is 1. The van der Waals surface area contributed by atoms with Crippen molar-refractivity contribution in [3.63, 3.8) is 0 Å². The van der Waals surface area contributed by atoms with Crippen LogP contribution in [0.1, 0.15) is 35.4 Å². The number of hydrogen-bond acceptors (Lipinski definition) is 2. The van der Waals surface area contributed by atoms with Crippen molar-refractivity contribution in [2.75, 3.05) is 20.2 Å². The van der Waals surface area contributed by atoms with E-state index in [0.29, 0.717) is 5.92 Å². The summed E-state index contributed by atoms with van der Waals surface area (Å²) >= 11 is 0. The molecule has 0 spiro atoms. The van der Waals surface area contributed by atoms with Gasteiger partial charge in [0.25, 0.3) is 0 Å². The Balaban J connectivity index is 2.33. The molecule has 0 aromatic heterocycles. The first kappa shape index (κ1) is 11.5. The first-order valence-electron chi connectivity index (χ1n) is 6.08. The van der Waals surface area contributed by atoms with Crippen LogP contribution >= 0.6 is 0 Å². The molecule has 0 saturated carbocycles. The Bertz CT molecular complexity index is 367. The second-order valence-corrected chi connectivity index (χ2v) is 4.72. The lowest BCUT2D eigenvalue weighted by atomic mass is 9.89. The van der Waals surface area contributed by atoms with Gasteiger partial charge in [-0.25, -0.2) is 0 Å². The summed E-state index contributed by atoms with van der Waals surface area (Å²) in [5, 5.41) is 3.46. The summed E-state index contributed by atoms with van der Waals surface area (Å²) in [7, 11) is 1.77. The van der Waals surface area contributed by atoms with Crippen molar-refractivity contribution in [2.45, 2.75) is 32.6 Å².